The minimum Gasteiger partial charge on any atom is -0.478 e. The summed E-state index contributed by atoms with van der Waals surface area (Å²) < 4.78 is 10.5. The molecule has 3 aromatic carbocycles. The van der Waals surface area contributed by atoms with Crippen LogP contribution in [0.5, 0.6) is 0 Å². The summed E-state index contributed by atoms with van der Waals surface area (Å²) >= 11 is 0. The Hall–Kier alpha value is -4.46. The molecule has 0 radical (unpaired) electrons. The number of rotatable bonds is 9. The minimum absolute atomic E-state index is 0.0900. The quantitative estimate of drug-likeness (QED) is 0.429. The second kappa shape index (κ2) is 11.8. The lowest BCUT2D eigenvalue weighted by molar-refractivity contribution is -0.157. The first kappa shape index (κ1) is 26.2. The Balaban J connectivity index is 1.93. The van der Waals surface area contributed by atoms with Crippen molar-refractivity contribution in [1.29, 1.82) is 0 Å². The van der Waals surface area contributed by atoms with E-state index in [-0.39, 0.29) is 11.1 Å². The molecule has 2 atom stereocenters. The number of aryl methyl sites for hydroxylation is 3. The maximum atomic E-state index is 13.3. The highest BCUT2D eigenvalue weighted by Gasteiger charge is 2.41. The van der Waals surface area contributed by atoms with E-state index in [4.69, 9.17) is 9.47 Å². The summed E-state index contributed by atoms with van der Waals surface area (Å²) in [5, 5.41) is 12.5. The highest BCUT2D eigenvalue weighted by molar-refractivity contribution is 6.01. The van der Waals surface area contributed by atoms with E-state index in [0.29, 0.717) is 12.1 Å². The number of amides is 1. The number of aliphatic carboxylic acids is 1. The van der Waals surface area contributed by atoms with Crippen LogP contribution in [-0.2, 0) is 25.5 Å². The summed E-state index contributed by atoms with van der Waals surface area (Å²) in [7, 11) is 0. The van der Waals surface area contributed by atoms with Gasteiger partial charge in [0.25, 0.3) is 5.91 Å². The van der Waals surface area contributed by atoms with Crippen molar-refractivity contribution in [3.63, 3.8) is 0 Å². The predicted molar refractivity (Wildman–Crippen MR) is 133 cm³/mol. The number of nitrogens with one attached hydrogen (secondary N) is 1. The van der Waals surface area contributed by atoms with Crippen LogP contribution in [0.15, 0.2) is 72.8 Å². The number of anilines is 1. The molecule has 8 nitrogen and oxygen atoms in total. The molecule has 0 aliphatic rings. The van der Waals surface area contributed by atoms with Gasteiger partial charge in [-0.15, -0.1) is 0 Å². The Morgan fingerprint density at radius 3 is 1.69 bits per heavy atom. The van der Waals surface area contributed by atoms with Crippen LogP contribution < -0.4 is 5.32 Å². The van der Waals surface area contributed by atoms with Crippen molar-refractivity contribution in [2.75, 3.05) is 5.32 Å². The molecule has 2 unspecified atom stereocenters. The van der Waals surface area contributed by atoms with Gasteiger partial charge in [-0.3, -0.25) is 4.79 Å². The average molecular weight is 490 g/mol. The Bertz CT molecular complexity index is 1250. The van der Waals surface area contributed by atoms with Crippen molar-refractivity contribution in [1.82, 2.24) is 0 Å². The smallest absolute Gasteiger partial charge is 0.349 e. The SMILES string of the molecule is CCc1ccccc1NC(=O)C(OC(=O)c1ccc(C)cc1)C(OC(=O)c1ccc(C)cc1)C(=O)O. The molecule has 3 aromatic rings. The van der Waals surface area contributed by atoms with Crippen molar-refractivity contribution in [3.8, 4) is 0 Å². The lowest BCUT2D eigenvalue weighted by Gasteiger charge is -2.24. The third kappa shape index (κ3) is 6.56. The largest absolute Gasteiger partial charge is 0.478 e. The molecule has 0 aromatic heterocycles. The maximum absolute atomic E-state index is 13.3. The van der Waals surface area contributed by atoms with Crippen LogP contribution in [0.2, 0.25) is 0 Å². The molecule has 36 heavy (non-hydrogen) atoms. The minimum atomic E-state index is -2.10. The molecule has 8 heteroatoms. The van der Waals surface area contributed by atoms with Gasteiger partial charge in [-0.25, -0.2) is 14.4 Å². The zero-order valence-electron chi connectivity index (χ0n) is 20.2. The third-order valence-electron chi connectivity index (χ3n) is 5.48. The molecule has 2 N–H and O–H groups in total. The fourth-order valence-electron chi connectivity index (χ4n) is 3.39. The van der Waals surface area contributed by atoms with E-state index in [9.17, 15) is 24.3 Å². The first-order chi connectivity index (χ1) is 17.2. The summed E-state index contributed by atoms with van der Waals surface area (Å²) in [4.78, 5) is 50.9. The fraction of sp³-hybridized carbons (Fsp3) is 0.214. The number of para-hydroxylation sites is 1. The molecule has 0 aliphatic carbocycles. The van der Waals surface area contributed by atoms with Gasteiger partial charge in [0.05, 0.1) is 11.1 Å². The van der Waals surface area contributed by atoms with E-state index in [1.54, 1.807) is 48.5 Å². The Kier molecular flexibility index (Phi) is 8.57. The number of esters is 2. The van der Waals surface area contributed by atoms with Crippen LogP contribution in [0.4, 0.5) is 5.69 Å². The summed E-state index contributed by atoms with van der Waals surface area (Å²) in [5.41, 5.74) is 3.20. The van der Waals surface area contributed by atoms with Crippen molar-refractivity contribution in [2.45, 2.75) is 39.4 Å². The number of hydrogen-bond acceptors (Lipinski definition) is 6. The Morgan fingerprint density at radius 2 is 1.22 bits per heavy atom. The Labute approximate surface area is 208 Å². The molecule has 0 spiro atoms. The van der Waals surface area contributed by atoms with Gasteiger partial charge in [0, 0.05) is 5.69 Å². The third-order valence-corrected chi connectivity index (χ3v) is 5.48. The number of ether oxygens (including phenoxy) is 2. The van der Waals surface area contributed by atoms with Crippen molar-refractivity contribution < 1.29 is 33.8 Å². The van der Waals surface area contributed by atoms with Gasteiger partial charge in [0.1, 0.15) is 0 Å². The van der Waals surface area contributed by atoms with Crippen LogP contribution in [0.1, 0.15) is 44.3 Å². The van der Waals surface area contributed by atoms with Gasteiger partial charge in [-0.1, -0.05) is 60.5 Å². The molecule has 0 aliphatic heterocycles. The number of carbonyl (C=O) groups excluding carboxylic acids is 3. The maximum Gasteiger partial charge on any atom is 0.349 e. The van der Waals surface area contributed by atoms with E-state index in [1.165, 1.54) is 24.3 Å². The second-order valence-corrected chi connectivity index (χ2v) is 8.22. The predicted octanol–water partition coefficient (Wildman–Crippen LogP) is 4.34. The highest BCUT2D eigenvalue weighted by atomic mass is 16.6. The van der Waals surface area contributed by atoms with E-state index in [2.05, 4.69) is 5.32 Å². The van der Waals surface area contributed by atoms with Crippen molar-refractivity contribution in [2.24, 2.45) is 0 Å². The van der Waals surface area contributed by atoms with Crippen LogP contribution in [0.3, 0.4) is 0 Å². The molecule has 0 fully saturated rings. The summed E-state index contributed by atoms with van der Waals surface area (Å²) in [6.07, 6.45) is -3.47. The molecular weight excluding hydrogens is 462 g/mol. The van der Waals surface area contributed by atoms with Crippen molar-refractivity contribution >= 4 is 29.5 Å². The van der Waals surface area contributed by atoms with Gasteiger partial charge >= 0.3 is 17.9 Å². The molecule has 0 bridgehead atoms. The normalized spacial score (nSPS) is 12.2. The average Bonchev–Trinajstić information content (AvgIpc) is 2.86. The first-order valence-corrected chi connectivity index (χ1v) is 11.4. The number of benzene rings is 3. The van der Waals surface area contributed by atoms with Crippen LogP contribution in [0, 0.1) is 13.8 Å². The zero-order chi connectivity index (χ0) is 26.2. The molecular formula is C28H27NO7. The van der Waals surface area contributed by atoms with Crippen molar-refractivity contribution in [3.05, 3.63) is 101 Å². The van der Waals surface area contributed by atoms with Gasteiger partial charge in [0.2, 0.25) is 12.2 Å². The molecule has 3 rings (SSSR count). The monoisotopic (exact) mass is 489 g/mol. The molecule has 0 saturated heterocycles. The number of carbonyl (C=O) groups is 4. The van der Waals surface area contributed by atoms with Crippen LogP contribution in [-0.4, -0.2) is 41.1 Å². The number of carboxylic acid groups (broad SMARTS) is 1. The highest BCUT2D eigenvalue weighted by Crippen LogP contribution is 2.19. The van der Waals surface area contributed by atoms with E-state index in [1.807, 2.05) is 20.8 Å². The van der Waals surface area contributed by atoms with Gasteiger partial charge in [-0.05, 0) is 56.2 Å². The fourth-order valence-corrected chi connectivity index (χ4v) is 3.39. The van der Waals surface area contributed by atoms with Gasteiger partial charge in [-0.2, -0.15) is 0 Å². The van der Waals surface area contributed by atoms with E-state index in [0.717, 1.165) is 16.7 Å². The zero-order valence-corrected chi connectivity index (χ0v) is 20.2. The summed E-state index contributed by atoms with van der Waals surface area (Å²) in [6.45, 7) is 5.55. The summed E-state index contributed by atoms with van der Waals surface area (Å²) in [5.74, 6) is -4.49. The topological polar surface area (TPSA) is 119 Å². The molecule has 0 saturated carbocycles. The number of hydrogen-bond donors (Lipinski definition) is 2. The van der Waals surface area contributed by atoms with Crippen LogP contribution >= 0.6 is 0 Å². The molecule has 0 heterocycles. The molecule has 186 valence electrons. The Morgan fingerprint density at radius 1 is 0.750 bits per heavy atom. The van der Waals surface area contributed by atoms with Crippen LogP contribution in [0.25, 0.3) is 0 Å². The van der Waals surface area contributed by atoms with E-state index < -0.39 is 36.0 Å². The van der Waals surface area contributed by atoms with E-state index >= 15 is 0 Å². The lowest BCUT2D eigenvalue weighted by Crippen LogP contribution is -2.48. The second-order valence-electron chi connectivity index (χ2n) is 8.22. The molecule has 1 amide bonds. The summed E-state index contributed by atoms with van der Waals surface area (Å²) in [6, 6.07) is 19.6. The number of carboxylic acids is 1. The lowest BCUT2D eigenvalue weighted by atomic mass is 10.1. The van der Waals surface area contributed by atoms with Gasteiger partial charge < -0.3 is 19.9 Å². The van der Waals surface area contributed by atoms with Gasteiger partial charge in [0.15, 0.2) is 0 Å². The first-order valence-electron chi connectivity index (χ1n) is 11.4. The standard InChI is InChI=1S/C28H27NO7/c1-4-19-7-5-6-8-22(19)29-25(30)23(35-27(33)20-13-9-17(2)10-14-20)24(26(31)32)36-28(34)21-15-11-18(3)12-16-21/h5-16,23-24H,4H2,1-3H3,(H,29,30)(H,31,32).